The normalized spacial score (nSPS) is 11.1. The third-order valence-corrected chi connectivity index (χ3v) is 1.91. The minimum absolute atomic E-state index is 0.148. The summed E-state index contributed by atoms with van der Waals surface area (Å²) in [7, 11) is 0. The number of carbonyl (C=O) groups excluding carboxylic acids is 1. The van der Waals surface area contributed by atoms with Gasteiger partial charge in [-0.05, 0) is 18.2 Å². The first-order valence-electron chi connectivity index (χ1n) is 4.23. The maximum Gasteiger partial charge on any atom is 0.422 e. The monoisotopic (exact) mass is 287 g/mol. The van der Waals surface area contributed by atoms with E-state index in [1.54, 1.807) is 0 Å². The van der Waals surface area contributed by atoms with Crippen molar-refractivity contribution >= 4 is 35.0 Å². The SMILES string of the molecule is O=C(Nc1cc(Cl)cc(Cl)c1)OCC(F)(F)F. The predicted octanol–water partition coefficient (Wildman–Crippen LogP) is 4.10. The first-order valence-corrected chi connectivity index (χ1v) is 4.98. The Hall–Kier alpha value is -1.14. The number of carbonyl (C=O) groups is 1. The first kappa shape index (κ1) is 13.9. The number of halogens is 5. The van der Waals surface area contributed by atoms with Crippen LogP contribution in [0, 0.1) is 0 Å². The molecule has 0 radical (unpaired) electrons. The Balaban J connectivity index is 2.56. The molecule has 1 aromatic rings. The average Bonchev–Trinajstić information content (AvgIpc) is 2.11. The first-order chi connectivity index (χ1) is 7.76. The lowest BCUT2D eigenvalue weighted by Gasteiger charge is -2.09. The van der Waals surface area contributed by atoms with Crippen molar-refractivity contribution in [2.75, 3.05) is 11.9 Å². The Kier molecular flexibility index (Phi) is 4.47. The van der Waals surface area contributed by atoms with Crippen LogP contribution in [0.2, 0.25) is 10.0 Å². The fourth-order valence-corrected chi connectivity index (χ4v) is 1.45. The molecule has 0 bridgehead atoms. The van der Waals surface area contributed by atoms with Gasteiger partial charge in [0.2, 0.25) is 0 Å². The van der Waals surface area contributed by atoms with E-state index in [1.165, 1.54) is 18.2 Å². The molecule has 0 aliphatic carbocycles. The Bertz CT molecular complexity index is 403. The standard InChI is InChI=1S/C9H6Cl2F3NO2/c10-5-1-6(11)3-7(2-5)15-8(16)17-4-9(12,13)14/h1-3H,4H2,(H,15,16). The molecule has 1 N–H and O–H groups in total. The van der Waals surface area contributed by atoms with Gasteiger partial charge in [-0.1, -0.05) is 23.2 Å². The van der Waals surface area contributed by atoms with Crippen LogP contribution in [-0.4, -0.2) is 18.9 Å². The number of rotatable bonds is 2. The van der Waals surface area contributed by atoms with Crippen molar-refractivity contribution < 1.29 is 22.7 Å². The van der Waals surface area contributed by atoms with Crippen molar-refractivity contribution in [2.45, 2.75) is 6.18 Å². The molecule has 1 rings (SSSR count). The molecule has 0 saturated carbocycles. The molecule has 0 fully saturated rings. The van der Waals surface area contributed by atoms with Crippen LogP contribution in [0.3, 0.4) is 0 Å². The Labute approximate surface area is 104 Å². The summed E-state index contributed by atoms with van der Waals surface area (Å²) in [6.45, 7) is -1.66. The lowest BCUT2D eigenvalue weighted by atomic mass is 10.3. The number of alkyl halides is 3. The fourth-order valence-electron chi connectivity index (χ4n) is 0.927. The number of hydrogen-bond acceptors (Lipinski definition) is 2. The van der Waals surface area contributed by atoms with Crippen LogP contribution in [0.1, 0.15) is 0 Å². The molecule has 0 heterocycles. The second-order valence-electron chi connectivity index (χ2n) is 2.97. The van der Waals surface area contributed by atoms with Crippen LogP contribution >= 0.6 is 23.2 Å². The van der Waals surface area contributed by atoms with E-state index in [1.807, 2.05) is 0 Å². The summed E-state index contributed by atoms with van der Waals surface area (Å²) in [5, 5.41) is 2.55. The smallest absolute Gasteiger partial charge is 0.422 e. The van der Waals surface area contributed by atoms with Gasteiger partial charge in [0.25, 0.3) is 0 Å². The number of benzene rings is 1. The highest BCUT2D eigenvalue weighted by Crippen LogP contribution is 2.22. The molecule has 8 heteroatoms. The summed E-state index contributed by atoms with van der Waals surface area (Å²) < 4.78 is 39.1. The second-order valence-corrected chi connectivity index (χ2v) is 3.85. The summed E-state index contributed by atoms with van der Waals surface area (Å²) >= 11 is 11.3. The van der Waals surface area contributed by atoms with Crippen LogP contribution in [0.4, 0.5) is 23.7 Å². The Morgan fingerprint density at radius 3 is 2.24 bits per heavy atom. The summed E-state index contributed by atoms with van der Waals surface area (Å²) in [5.74, 6) is 0. The number of anilines is 1. The highest BCUT2D eigenvalue weighted by molar-refractivity contribution is 6.35. The van der Waals surface area contributed by atoms with E-state index in [-0.39, 0.29) is 15.7 Å². The van der Waals surface area contributed by atoms with Gasteiger partial charge in [-0.25, -0.2) is 4.79 Å². The maximum atomic E-state index is 11.7. The maximum absolute atomic E-state index is 11.7. The molecule has 0 spiro atoms. The number of hydrogen-bond donors (Lipinski definition) is 1. The van der Waals surface area contributed by atoms with Crippen LogP contribution in [0.15, 0.2) is 18.2 Å². The third kappa shape index (κ3) is 5.65. The van der Waals surface area contributed by atoms with Gasteiger partial charge >= 0.3 is 12.3 Å². The molecule has 0 saturated heterocycles. The van der Waals surface area contributed by atoms with Gasteiger partial charge in [0, 0.05) is 15.7 Å². The van der Waals surface area contributed by atoms with Gasteiger partial charge in [-0.15, -0.1) is 0 Å². The van der Waals surface area contributed by atoms with Crippen molar-refractivity contribution in [2.24, 2.45) is 0 Å². The Morgan fingerprint density at radius 2 is 1.76 bits per heavy atom. The lowest BCUT2D eigenvalue weighted by Crippen LogP contribution is -2.23. The Morgan fingerprint density at radius 1 is 1.24 bits per heavy atom. The fraction of sp³-hybridized carbons (Fsp3) is 0.222. The van der Waals surface area contributed by atoms with Crippen LogP contribution in [0.5, 0.6) is 0 Å². The van der Waals surface area contributed by atoms with Gasteiger partial charge in [0.1, 0.15) is 0 Å². The molecule has 17 heavy (non-hydrogen) atoms. The zero-order valence-electron chi connectivity index (χ0n) is 8.15. The van der Waals surface area contributed by atoms with Gasteiger partial charge in [0.05, 0.1) is 0 Å². The van der Waals surface area contributed by atoms with Gasteiger partial charge < -0.3 is 4.74 Å². The zero-order valence-corrected chi connectivity index (χ0v) is 9.66. The van der Waals surface area contributed by atoms with Crippen molar-refractivity contribution in [1.82, 2.24) is 0 Å². The van der Waals surface area contributed by atoms with Crippen LogP contribution in [-0.2, 0) is 4.74 Å². The zero-order chi connectivity index (χ0) is 13.1. The minimum Gasteiger partial charge on any atom is -0.440 e. The minimum atomic E-state index is -4.57. The molecule has 0 atom stereocenters. The molecule has 1 amide bonds. The highest BCUT2D eigenvalue weighted by Gasteiger charge is 2.29. The molecule has 0 aromatic heterocycles. The molecule has 94 valence electrons. The highest BCUT2D eigenvalue weighted by atomic mass is 35.5. The molecular formula is C9H6Cl2F3NO2. The molecule has 0 aliphatic heterocycles. The summed E-state index contributed by atoms with van der Waals surface area (Å²) in [5.41, 5.74) is 0.148. The van der Waals surface area contributed by atoms with Gasteiger partial charge in [-0.2, -0.15) is 13.2 Å². The van der Waals surface area contributed by atoms with Crippen LogP contribution in [0.25, 0.3) is 0 Å². The second kappa shape index (κ2) is 5.46. The van der Waals surface area contributed by atoms with Crippen LogP contribution < -0.4 is 5.32 Å². The number of ether oxygens (including phenoxy) is 1. The lowest BCUT2D eigenvalue weighted by molar-refractivity contribution is -0.159. The largest absolute Gasteiger partial charge is 0.440 e. The van der Waals surface area contributed by atoms with Gasteiger partial charge in [0.15, 0.2) is 6.61 Å². The van der Waals surface area contributed by atoms with E-state index in [4.69, 9.17) is 23.2 Å². The average molecular weight is 288 g/mol. The van der Waals surface area contributed by atoms with Crippen molar-refractivity contribution in [1.29, 1.82) is 0 Å². The molecule has 1 aromatic carbocycles. The van der Waals surface area contributed by atoms with E-state index in [2.05, 4.69) is 10.1 Å². The molecule has 0 unspecified atom stereocenters. The van der Waals surface area contributed by atoms with Crippen molar-refractivity contribution in [3.63, 3.8) is 0 Å². The van der Waals surface area contributed by atoms with E-state index in [0.717, 1.165) is 0 Å². The summed E-state index contributed by atoms with van der Waals surface area (Å²) in [6.07, 6.45) is -5.80. The summed E-state index contributed by atoms with van der Waals surface area (Å²) in [4.78, 5) is 11.0. The molecule has 3 nitrogen and oxygen atoms in total. The third-order valence-electron chi connectivity index (χ3n) is 1.48. The topological polar surface area (TPSA) is 38.3 Å². The molecular weight excluding hydrogens is 282 g/mol. The van der Waals surface area contributed by atoms with Gasteiger partial charge in [-0.3, -0.25) is 5.32 Å². The number of amides is 1. The van der Waals surface area contributed by atoms with E-state index < -0.39 is 18.9 Å². The van der Waals surface area contributed by atoms with Crippen molar-refractivity contribution in [3.05, 3.63) is 28.2 Å². The van der Waals surface area contributed by atoms with E-state index >= 15 is 0 Å². The van der Waals surface area contributed by atoms with Crippen molar-refractivity contribution in [3.8, 4) is 0 Å². The molecule has 0 aliphatic rings. The van der Waals surface area contributed by atoms with E-state index in [0.29, 0.717) is 0 Å². The predicted molar refractivity (Wildman–Crippen MR) is 57.5 cm³/mol. The number of nitrogens with one attached hydrogen (secondary N) is 1. The van der Waals surface area contributed by atoms with E-state index in [9.17, 15) is 18.0 Å². The summed E-state index contributed by atoms with van der Waals surface area (Å²) in [6, 6.07) is 4.06. The quantitative estimate of drug-likeness (QED) is 0.889.